The largest absolute Gasteiger partial charge is 0.382 e. The molecule has 138 valence electrons. The van der Waals surface area contributed by atoms with Crippen molar-refractivity contribution in [2.24, 2.45) is 5.92 Å². The molecule has 25 heavy (non-hydrogen) atoms. The number of ether oxygens (including phenoxy) is 1. The molecule has 0 spiro atoms. The molecule has 1 fully saturated rings. The van der Waals surface area contributed by atoms with Gasteiger partial charge in [0.25, 0.3) is 5.91 Å². The van der Waals surface area contributed by atoms with E-state index in [9.17, 15) is 9.59 Å². The maximum atomic E-state index is 12.2. The molecular weight excluding hydrogens is 316 g/mol. The lowest BCUT2D eigenvalue weighted by atomic mass is 9.88. The van der Waals surface area contributed by atoms with Crippen LogP contribution in [0.15, 0.2) is 24.3 Å². The average Bonchev–Trinajstić information content (AvgIpc) is 2.67. The Morgan fingerprint density at radius 3 is 2.48 bits per heavy atom. The van der Waals surface area contributed by atoms with E-state index in [-0.39, 0.29) is 17.7 Å². The molecule has 5 heteroatoms. The van der Waals surface area contributed by atoms with E-state index in [4.69, 9.17) is 4.74 Å². The summed E-state index contributed by atoms with van der Waals surface area (Å²) >= 11 is 0. The van der Waals surface area contributed by atoms with Gasteiger partial charge < -0.3 is 15.4 Å². The van der Waals surface area contributed by atoms with E-state index >= 15 is 0 Å². The predicted octanol–water partition coefficient (Wildman–Crippen LogP) is 3.04. The lowest BCUT2D eigenvalue weighted by Gasteiger charge is -2.20. The van der Waals surface area contributed by atoms with Gasteiger partial charge in [0.15, 0.2) is 0 Å². The quantitative estimate of drug-likeness (QED) is 0.675. The molecule has 0 heterocycles. The zero-order valence-electron chi connectivity index (χ0n) is 15.2. The van der Waals surface area contributed by atoms with E-state index < -0.39 is 0 Å². The van der Waals surface area contributed by atoms with E-state index in [1.54, 1.807) is 12.1 Å². The van der Waals surface area contributed by atoms with Crippen LogP contribution in [0, 0.1) is 5.92 Å². The zero-order valence-corrected chi connectivity index (χ0v) is 15.2. The maximum Gasteiger partial charge on any atom is 0.251 e. The second kappa shape index (κ2) is 10.9. The van der Waals surface area contributed by atoms with Crippen molar-refractivity contribution in [2.45, 2.75) is 52.0 Å². The Hall–Kier alpha value is -1.88. The number of carbonyl (C=O) groups excluding carboxylic acids is 2. The topological polar surface area (TPSA) is 67.4 Å². The molecule has 0 aromatic heterocycles. The van der Waals surface area contributed by atoms with E-state index in [1.807, 2.05) is 19.1 Å². The van der Waals surface area contributed by atoms with Crippen molar-refractivity contribution in [3.8, 4) is 0 Å². The van der Waals surface area contributed by atoms with Gasteiger partial charge in [0.05, 0.1) is 0 Å². The first-order valence-corrected chi connectivity index (χ1v) is 9.43. The molecule has 0 atom stereocenters. The average molecular weight is 346 g/mol. The molecule has 1 aromatic rings. The molecule has 0 aliphatic heterocycles. The molecule has 0 bridgehead atoms. The Morgan fingerprint density at radius 2 is 1.80 bits per heavy atom. The third-order valence-electron chi connectivity index (χ3n) is 4.61. The van der Waals surface area contributed by atoms with Crippen LogP contribution >= 0.6 is 0 Å². The fourth-order valence-corrected chi connectivity index (χ4v) is 3.09. The van der Waals surface area contributed by atoms with Gasteiger partial charge in [0.1, 0.15) is 0 Å². The monoisotopic (exact) mass is 346 g/mol. The molecule has 1 saturated carbocycles. The lowest BCUT2D eigenvalue weighted by Crippen LogP contribution is -2.31. The summed E-state index contributed by atoms with van der Waals surface area (Å²) in [6, 6.07) is 7.41. The van der Waals surface area contributed by atoms with Crippen LogP contribution in [0.5, 0.6) is 0 Å². The SMILES string of the molecule is CCOCCCNC(=O)c1ccc(CNC(=O)C2CCCCC2)cc1. The van der Waals surface area contributed by atoms with E-state index in [1.165, 1.54) is 6.42 Å². The van der Waals surface area contributed by atoms with Crippen molar-refractivity contribution in [2.75, 3.05) is 19.8 Å². The Kier molecular flexibility index (Phi) is 8.46. The van der Waals surface area contributed by atoms with Crippen molar-refractivity contribution < 1.29 is 14.3 Å². The number of carbonyl (C=O) groups is 2. The van der Waals surface area contributed by atoms with Gasteiger partial charge in [-0.05, 0) is 43.9 Å². The fourth-order valence-electron chi connectivity index (χ4n) is 3.09. The van der Waals surface area contributed by atoms with Gasteiger partial charge in [0.2, 0.25) is 5.91 Å². The Morgan fingerprint density at radius 1 is 1.08 bits per heavy atom. The zero-order chi connectivity index (χ0) is 17.9. The van der Waals surface area contributed by atoms with Crippen molar-refractivity contribution in [1.29, 1.82) is 0 Å². The summed E-state index contributed by atoms with van der Waals surface area (Å²) in [6.07, 6.45) is 6.39. The Bertz CT molecular complexity index is 536. The van der Waals surface area contributed by atoms with E-state index in [0.29, 0.717) is 31.9 Å². The predicted molar refractivity (Wildman–Crippen MR) is 98.3 cm³/mol. The van der Waals surface area contributed by atoms with Gasteiger partial charge >= 0.3 is 0 Å². The minimum atomic E-state index is -0.0747. The van der Waals surface area contributed by atoms with Crippen molar-refractivity contribution in [1.82, 2.24) is 10.6 Å². The van der Waals surface area contributed by atoms with Crippen LogP contribution in [0.3, 0.4) is 0 Å². The fraction of sp³-hybridized carbons (Fsp3) is 0.600. The van der Waals surface area contributed by atoms with Crippen LogP contribution in [0.25, 0.3) is 0 Å². The molecule has 0 unspecified atom stereocenters. The number of hydrogen-bond acceptors (Lipinski definition) is 3. The highest BCUT2D eigenvalue weighted by Crippen LogP contribution is 2.23. The first kappa shape index (κ1) is 19.4. The highest BCUT2D eigenvalue weighted by molar-refractivity contribution is 5.94. The Balaban J connectivity index is 1.71. The third-order valence-corrected chi connectivity index (χ3v) is 4.61. The van der Waals surface area contributed by atoms with Gasteiger partial charge in [-0.1, -0.05) is 31.4 Å². The summed E-state index contributed by atoms with van der Waals surface area (Å²) in [5.41, 5.74) is 1.65. The van der Waals surface area contributed by atoms with Gasteiger partial charge in [0, 0.05) is 37.8 Å². The van der Waals surface area contributed by atoms with Crippen LogP contribution in [0.1, 0.15) is 61.4 Å². The highest BCUT2D eigenvalue weighted by atomic mass is 16.5. The third kappa shape index (κ3) is 6.86. The smallest absolute Gasteiger partial charge is 0.251 e. The molecule has 0 saturated heterocycles. The van der Waals surface area contributed by atoms with Crippen LogP contribution in [0.2, 0.25) is 0 Å². The molecule has 2 rings (SSSR count). The summed E-state index contributed by atoms with van der Waals surface area (Å²) < 4.78 is 5.24. The summed E-state index contributed by atoms with van der Waals surface area (Å²) in [5, 5.41) is 5.90. The molecule has 5 nitrogen and oxygen atoms in total. The summed E-state index contributed by atoms with van der Waals surface area (Å²) in [5.74, 6) is 0.264. The van der Waals surface area contributed by atoms with Crippen molar-refractivity contribution in [3.05, 3.63) is 35.4 Å². The van der Waals surface area contributed by atoms with Crippen LogP contribution in [0.4, 0.5) is 0 Å². The molecule has 1 aromatic carbocycles. The van der Waals surface area contributed by atoms with Gasteiger partial charge in [-0.3, -0.25) is 9.59 Å². The first-order chi connectivity index (χ1) is 12.2. The number of nitrogens with one attached hydrogen (secondary N) is 2. The minimum Gasteiger partial charge on any atom is -0.382 e. The summed E-state index contributed by atoms with van der Waals surface area (Å²) in [7, 11) is 0. The number of hydrogen-bond donors (Lipinski definition) is 2. The normalized spacial score (nSPS) is 14.9. The second-order valence-electron chi connectivity index (χ2n) is 6.56. The van der Waals surface area contributed by atoms with Crippen LogP contribution in [-0.4, -0.2) is 31.6 Å². The molecule has 2 N–H and O–H groups in total. The van der Waals surface area contributed by atoms with Gasteiger partial charge in [-0.25, -0.2) is 0 Å². The first-order valence-electron chi connectivity index (χ1n) is 9.43. The van der Waals surface area contributed by atoms with E-state index in [0.717, 1.165) is 37.7 Å². The second-order valence-corrected chi connectivity index (χ2v) is 6.56. The molecular formula is C20H30N2O3. The molecule has 1 aliphatic rings. The maximum absolute atomic E-state index is 12.2. The van der Waals surface area contributed by atoms with Crippen LogP contribution < -0.4 is 10.6 Å². The van der Waals surface area contributed by atoms with Crippen molar-refractivity contribution >= 4 is 11.8 Å². The minimum absolute atomic E-state index is 0.0747. The van der Waals surface area contributed by atoms with Crippen LogP contribution in [-0.2, 0) is 16.1 Å². The number of benzene rings is 1. The van der Waals surface area contributed by atoms with Crippen molar-refractivity contribution in [3.63, 3.8) is 0 Å². The van der Waals surface area contributed by atoms with E-state index in [2.05, 4.69) is 10.6 Å². The lowest BCUT2D eigenvalue weighted by molar-refractivity contribution is -0.126. The van der Waals surface area contributed by atoms with Gasteiger partial charge in [-0.15, -0.1) is 0 Å². The molecule has 1 aliphatic carbocycles. The Labute approximate surface area is 150 Å². The number of rotatable bonds is 9. The standard InChI is InChI=1S/C20H30N2O3/c1-2-25-14-6-13-21-19(23)18-11-9-16(10-12-18)15-22-20(24)17-7-4-3-5-8-17/h9-12,17H,2-8,13-15H2,1H3,(H,21,23)(H,22,24). The molecule has 0 radical (unpaired) electrons. The summed E-state index contributed by atoms with van der Waals surface area (Å²) in [6.45, 7) is 4.45. The summed E-state index contributed by atoms with van der Waals surface area (Å²) in [4.78, 5) is 24.2. The highest BCUT2D eigenvalue weighted by Gasteiger charge is 2.20. The van der Waals surface area contributed by atoms with Gasteiger partial charge in [-0.2, -0.15) is 0 Å². The molecule has 2 amide bonds. The number of amides is 2.